The maximum absolute atomic E-state index is 12.8. The van der Waals surface area contributed by atoms with Crippen LogP contribution in [0.3, 0.4) is 0 Å². The van der Waals surface area contributed by atoms with E-state index in [-0.39, 0.29) is 5.91 Å². The van der Waals surface area contributed by atoms with Gasteiger partial charge in [-0.3, -0.25) is 4.79 Å². The van der Waals surface area contributed by atoms with Crippen LogP contribution in [0.25, 0.3) is 11.5 Å². The molecule has 3 aromatic heterocycles. The highest BCUT2D eigenvalue weighted by atomic mass is 32.1. The summed E-state index contributed by atoms with van der Waals surface area (Å²) in [6.45, 7) is 5.02. The second-order valence-electron chi connectivity index (χ2n) is 7.00. The van der Waals surface area contributed by atoms with Crippen molar-refractivity contribution in [3.05, 3.63) is 81.7 Å². The highest BCUT2D eigenvalue weighted by Crippen LogP contribution is 2.31. The van der Waals surface area contributed by atoms with E-state index in [1.807, 2.05) is 46.4 Å². The first-order valence-electron chi connectivity index (χ1n) is 9.13. The molecule has 6 nitrogen and oxygen atoms in total. The Morgan fingerprint density at radius 3 is 2.50 bits per heavy atom. The molecule has 140 valence electrons. The molecule has 1 aliphatic heterocycles. The Hall–Kier alpha value is -3.19. The number of thiazole rings is 1. The Morgan fingerprint density at radius 2 is 1.82 bits per heavy atom. The van der Waals surface area contributed by atoms with Crippen LogP contribution in [0.2, 0.25) is 0 Å². The van der Waals surface area contributed by atoms with Crippen molar-refractivity contribution in [1.29, 1.82) is 0 Å². The maximum atomic E-state index is 12.8. The normalized spacial score (nSPS) is 13.1. The lowest BCUT2D eigenvalue weighted by Gasteiger charge is -2.16. The van der Waals surface area contributed by atoms with E-state index >= 15 is 0 Å². The Morgan fingerprint density at radius 1 is 1.07 bits per heavy atom. The number of rotatable bonds is 3. The minimum absolute atomic E-state index is 0.0392. The van der Waals surface area contributed by atoms with Gasteiger partial charge in [0.25, 0.3) is 5.91 Å². The molecule has 0 bridgehead atoms. The molecule has 7 heteroatoms. The summed E-state index contributed by atoms with van der Waals surface area (Å²) < 4.78 is 4.03. The molecule has 1 aliphatic rings. The van der Waals surface area contributed by atoms with E-state index in [2.05, 4.69) is 40.7 Å². The SMILES string of the molecule is Cc1ccc(-n2nc3c(c2-n2cccc2)CN(C(=O)c2csc(C)n2)C3)cc1. The van der Waals surface area contributed by atoms with E-state index in [9.17, 15) is 4.79 Å². The zero-order valence-electron chi connectivity index (χ0n) is 15.7. The van der Waals surface area contributed by atoms with Crippen LogP contribution < -0.4 is 0 Å². The zero-order chi connectivity index (χ0) is 19.3. The second kappa shape index (κ2) is 6.45. The van der Waals surface area contributed by atoms with Gasteiger partial charge in [-0.2, -0.15) is 5.10 Å². The number of carbonyl (C=O) groups excluding carboxylic acids is 1. The highest BCUT2D eigenvalue weighted by Gasteiger charge is 2.32. The number of hydrogen-bond donors (Lipinski definition) is 0. The highest BCUT2D eigenvalue weighted by molar-refractivity contribution is 7.09. The molecule has 0 radical (unpaired) electrons. The summed E-state index contributed by atoms with van der Waals surface area (Å²) in [5.74, 6) is 0.941. The second-order valence-corrected chi connectivity index (χ2v) is 8.06. The molecule has 4 aromatic rings. The molecule has 0 spiro atoms. The van der Waals surface area contributed by atoms with Crippen LogP contribution in [0.1, 0.15) is 32.3 Å². The number of carbonyl (C=O) groups is 1. The van der Waals surface area contributed by atoms with Crippen LogP contribution in [-0.4, -0.2) is 30.1 Å². The number of hydrogen-bond acceptors (Lipinski definition) is 4. The predicted molar refractivity (Wildman–Crippen MR) is 108 cm³/mol. The van der Waals surface area contributed by atoms with Crippen molar-refractivity contribution < 1.29 is 4.79 Å². The smallest absolute Gasteiger partial charge is 0.273 e. The number of amides is 1. The van der Waals surface area contributed by atoms with Crippen molar-refractivity contribution in [3.63, 3.8) is 0 Å². The van der Waals surface area contributed by atoms with Gasteiger partial charge in [0.15, 0.2) is 0 Å². The van der Waals surface area contributed by atoms with E-state index in [1.54, 1.807) is 0 Å². The van der Waals surface area contributed by atoms with Crippen molar-refractivity contribution in [1.82, 2.24) is 24.2 Å². The minimum Gasteiger partial charge on any atom is -0.327 e. The first-order chi connectivity index (χ1) is 13.6. The largest absolute Gasteiger partial charge is 0.327 e. The van der Waals surface area contributed by atoms with Gasteiger partial charge in [-0.1, -0.05) is 17.7 Å². The molecule has 0 atom stereocenters. The Kier molecular flexibility index (Phi) is 3.91. The van der Waals surface area contributed by atoms with Crippen LogP contribution in [0.15, 0.2) is 54.2 Å². The summed E-state index contributed by atoms with van der Waals surface area (Å²) in [5, 5.41) is 7.59. The number of fused-ring (bicyclic) bond motifs is 1. The van der Waals surface area contributed by atoms with Gasteiger partial charge >= 0.3 is 0 Å². The summed E-state index contributed by atoms with van der Waals surface area (Å²) in [5.41, 5.74) is 4.75. The monoisotopic (exact) mass is 389 g/mol. The Labute approximate surface area is 166 Å². The summed E-state index contributed by atoms with van der Waals surface area (Å²) in [6.07, 6.45) is 4.02. The number of benzene rings is 1. The molecule has 5 rings (SSSR count). The molecule has 0 N–H and O–H groups in total. The molecule has 1 aromatic carbocycles. The Bertz CT molecular complexity index is 1150. The topological polar surface area (TPSA) is 56.0 Å². The average Bonchev–Trinajstić information content (AvgIpc) is 3.45. The third kappa shape index (κ3) is 2.75. The molecule has 28 heavy (non-hydrogen) atoms. The van der Waals surface area contributed by atoms with E-state index < -0.39 is 0 Å². The van der Waals surface area contributed by atoms with Crippen molar-refractivity contribution in [2.75, 3.05) is 0 Å². The number of aryl methyl sites for hydroxylation is 2. The van der Waals surface area contributed by atoms with E-state index in [0.29, 0.717) is 18.8 Å². The van der Waals surface area contributed by atoms with Crippen molar-refractivity contribution in [2.45, 2.75) is 26.9 Å². The zero-order valence-corrected chi connectivity index (χ0v) is 16.5. The van der Waals surface area contributed by atoms with Gasteiger partial charge in [-0.05, 0) is 38.1 Å². The Balaban J connectivity index is 1.55. The van der Waals surface area contributed by atoms with Crippen LogP contribution >= 0.6 is 11.3 Å². The predicted octanol–water partition coefficient (Wildman–Crippen LogP) is 3.89. The van der Waals surface area contributed by atoms with E-state index in [0.717, 1.165) is 27.8 Å². The van der Waals surface area contributed by atoms with Gasteiger partial charge in [0, 0.05) is 23.3 Å². The number of aromatic nitrogens is 4. The summed E-state index contributed by atoms with van der Waals surface area (Å²) in [6, 6.07) is 12.3. The molecule has 0 saturated heterocycles. The summed E-state index contributed by atoms with van der Waals surface area (Å²) in [7, 11) is 0. The first kappa shape index (κ1) is 16.9. The lowest BCUT2D eigenvalue weighted by atomic mass is 10.2. The first-order valence-corrected chi connectivity index (χ1v) is 10.0. The fraction of sp³-hybridized carbons (Fsp3) is 0.190. The van der Waals surface area contributed by atoms with Crippen molar-refractivity contribution in [2.24, 2.45) is 0 Å². The molecule has 0 saturated carbocycles. The average molecular weight is 389 g/mol. The standard InChI is InChI=1S/C21H19N5OS/c1-14-5-7-16(8-6-14)26-20(24-9-3-4-10-24)17-11-25(12-18(17)23-26)21(27)19-13-28-15(2)22-19/h3-10,13H,11-12H2,1-2H3. The molecule has 1 amide bonds. The lowest BCUT2D eigenvalue weighted by Crippen LogP contribution is -2.26. The van der Waals surface area contributed by atoms with Crippen LogP contribution in [0.5, 0.6) is 0 Å². The fourth-order valence-corrected chi connectivity index (χ4v) is 4.16. The molecule has 0 fully saturated rings. The van der Waals surface area contributed by atoms with Gasteiger partial charge < -0.3 is 9.47 Å². The molecule has 0 aliphatic carbocycles. The third-order valence-electron chi connectivity index (χ3n) is 4.98. The van der Waals surface area contributed by atoms with Gasteiger partial charge in [0.05, 0.1) is 29.5 Å². The molecule has 4 heterocycles. The molecular weight excluding hydrogens is 370 g/mol. The van der Waals surface area contributed by atoms with Crippen LogP contribution in [-0.2, 0) is 13.1 Å². The van der Waals surface area contributed by atoms with Gasteiger partial charge in [0.2, 0.25) is 0 Å². The van der Waals surface area contributed by atoms with Crippen LogP contribution in [0, 0.1) is 13.8 Å². The van der Waals surface area contributed by atoms with Gasteiger partial charge in [-0.15, -0.1) is 11.3 Å². The van der Waals surface area contributed by atoms with Crippen molar-refractivity contribution in [3.8, 4) is 11.5 Å². The van der Waals surface area contributed by atoms with E-state index in [1.165, 1.54) is 16.9 Å². The van der Waals surface area contributed by atoms with Crippen LogP contribution in [0.4, 0.5) is 0 Å². The minimum atomic E-state index is -0.0392. The van der Waals surface area contributed by atoms with Gasteiger partial charge in [0.1, 0.15) is 11.5 Å². The summed E-state index contributed by atoms with van der Waals surface area (Å²) >= 11 is 1.50. The molecule has 0 unspecified atom stereocenters. The van der Waals surface area contributed by atoms with Crippen molar-refractivity contribution >= 4 is 17.2 Å². The fourth-order valence-electron chi connectivity index (χ4n) is 3.58. The van der Waals surface area contributed by atoms with Gasteiger partial charge in [-0.25, -0.2) is 9.67 Å². The van der Waals surface area contributed by atoms with E-state index in [4.69, 9.17) is 5.10 Å². The maximum Gasteiger partial charge on any atom is 0.273 e. The lowest BCUT2D eigenvalue weighted by molar-refractivity contribution is 0.0744. The quantitative estimate of drug-likeness (QED) is 0.534. The number of nitrogens with zero attached hydrogens (tertiary/aromatic N) is 5. The third-order valence-corrected chi connectivity index (χ3v) is 5.76. The molecular formula is C21H19N5OS. The summed E-state index contributed by atoms with van der Waals surface area (Å²) in [4.78, 5) is 19.0.